The van der Waals surface area contributed by atoms with Crippen molar-refractivity contribution in [2.75, 3.05) is 25.5 Å². The Bertz CT molecular complexity index is 924. The summed E-state index contributed by atoms with van der Waals surface area (Å²) in [5.74, 6) is -0.983. The highest BCUT2D eigenvalue weighted by Crippen LogP contribution is 2.25. The number of esters is 1. The number of sulfonamides is 1. The predicted octanol–water partition coefficient (Wildman–Crippen LogP) is 2.50. The van der Waals surface area contributed by atoms with Crippen molar-refractivity contribution in [3.8, 4) is 0 Å². The molecular formula is C19H22N2O5S2. The van der Waals surface area contributed by atoms with Crippen molar-refractivity contribution in [1.29, 1.82) is 0 Å². The van der Waals surface area contributed by atoms with Gasteiger partial charge in [-0.15, -0.1) is 11.3 Å². The van der Waals surface area contributed by atoms with Crippen LogP contribution in [0.5, 0.6) is 0 Å². The topological polar surface area (TPSA) is 92.8 Å². The Hall–Kier alpha value is -2.23. The fraction of sp³-hybridized carbons (Fsp3) is 0.368. The number of methoxy groups -OCH3 is 1. The molecule has 7 nitrogen and oxygen atoms in total. The largest absolute Gasteiger partial charge is 0.469 e. The second kappa shape index (κ2) is 8.85. The molecule has 1 amide bonds. The van der Waals surface area contributed by atoms with Crippen molar-refractivity contribution in [2.24, 2.45) is 5.92 Å². The minimum Gasteiger partial charge on any atom is -0.469 e. The zero-order valence-corrected chi connectivity index (χ0v) is 17.1. The summed E-state index contributed by atoms with van der Waals surface area (Å²) in [7, 11) is -2.40. The maximum absolute atomic E-state index is 12.9. The first-order valence-corrected chi connectivity index (χ1v) is 11.2. The molecule has 1 atom stereocenters. The van der Waals surface area contributed by atoms with Crippen molar-refractivity contribution < 1.29 is 22.7 Å². The summed E-state index contributed by atoms with van der Waals surface area (Å²) in [4.78, 5) is 24.9. The van der Waals surface area contributed by atoms with Gasteiger partial charge in [-0.1, -0.05) is 6.07 Å². The summed E-state index contributed by atoms with van der Waals surface area (Å²) in [6, 6.07) is 9.86. The molecule has 1 aliphatic heterocycles. The standard InChI is InChI=1S/C19H22N2O5S2/c1-26-19(23)14-4-2-10-21(13-14)28(24,25)17-8-6-15(7-9-17)20-18(22)12-16-5-3-11-27-16/h3,5-9,11,14H,2,4,10,12-13H2,1H3,(H,20,22). The monoisotopic (exact) mass is 422 g/mol. The van der Waals surface area contributed by atoms with Crippen LogP contribution in [0.1, 0.15) is 17.7 Å². The second-order valence-corrected chi connectivity index (χ2v) is 9.52. The van der Waals surface area contributed by atoms with Gasteiger partial charge in [0.1, 0.15) is 0 Å². The van der Waals surface area contributed by atoms with Crippen LogP contribution in [0.25, 0.3) is 0 Å². The molecule has 3 rings (SSSR count). The number of benzene rings is 1. The molecule has 1 saturated heterocycles. The summed E-state index contributed by atoms with van der Waals surface area (Å²) in [6.07, 6.45) is 1.50. The Morgan fingerprint density at radius 1 is 1.25 bits per heavy atom. The molecule has 2 heterocycles. The summed E-state index contributed by atoms with van der Waals surface area (Å²) in [5, 5.41) is 4.68. The quantitative estimate of drug-likeness (QED) is 0.722. The van der Waals surface area contributed by atoms with Gasteiger partial charge in [-0.05, 0) is 48.6 Å². The van der Waals surface area contributed by atoms with Crippen LogP contribution in [0.3, 0.4) is 0 Å². The molecule has 1 aliphatic rings. The van der Waals surface area contributed by atoms with Crippen molar-refractivity contribution in [3.63, 3.8) is 0 Å². The molecule has 1 fully saturated rings. The van der Waals surface area contributed by atoms with Gasteiger partial charge in [-0.3, -0.25) is 9.59 Å². The first-order valence-electron chi connectivity index (χ1n) is 8.90. The van der Waals surface area contributed by atoms with Crippen molar-refractivity contribution >= 4 is 38.9 Å². The van der Waals surface area contributed by atoms with Gasteiger partial charge in [0.15, 0.2) is 0 Å². The highest BCUT2D eigenvalue weighted by molar-refractivity contribution is 7.89. The molecule has 1 aromatic heterocycles. The number of carbonyl (C=O) groups is 2. The number of carbonyl (C=O) groups excluding carboxylic acids is 2. The molecule has 0 aliphatic carbocycles. The summed E-state index contributed by atoms with van der Waals surface area (Å²) < 4.78 is 31.8. The van der Waals surface area contributed by atoms with Gasteiger partial charge in [-0.2, -0.15) is 4.31 Å². The van der Waals surface area contributed by atoms with Crippen molar-refractivity contribution in [1.82, 2.24) is 4.31 Å². The summed E-state index contributed by atoms with van der Waals surface area (Å²) in [6.45, 7) is 0.490. The van der Waals surface area contributed by atoms with Crippen LogP contribution >= 0.6 is 11.3 Å². The number of nitrogens with zero attached hydrogens (tertiary/aromatic N) is 1. The van der Waals surface area contributed by atoms with E-state index < -0.39 is 15.9 Å². The van der Waals surface area contributed by atoms with E-state index >= 15 is 0 Å². The summed E-state index contributed by atoms with van der Waals surface area (Å²) >= 11 is 1.51. The Labute approximate surface area is 168 Å². The fourth-order valence-corrected chi connectivity index (χ4v) is 5.38. The molecule has 1 N–H and O–H groups in total. The second-order valence-electron chi connectivity index (χ2n) is 6.55. The third kappa shape index (κ3) is 4.78. The Kier molecular flexibility index (Phi) is 6.48. The Balaban J connectivity index is 1.66. The molecule has 0 spiro atoms. The van der Waals surface area contributed by atoms with Crippen molar-refractivity contribution in [2.45, 2.75) is 24.2 Å². The van der Waals surface area contributed by atoms with Crippen LogP contribution in [0.15, 0.2) is 46.7 Å². The van der Waals surface area contributed by atoms with Crippen LogP contribution in [-0.4, -0.2) is 44.8 Å². The van der Waals surface area contributed by atoms with E-state index in [1.807, 2.05) is 17.5 Å². The van der Waals surface area contributed by atoms with E-state index in [1.54, 1.807) is 12.1 Å². The van der Waals surface area contributed by atoms with Crippen LogP contribution < -0.4 is 5.32 Å². The first-order chi connectivity index (χ1) is 13.4. The smallest absolute Gasteiger partial charge is 0.309 e. The molecule has 150 valence electrons. The lowest BCUT2D eigenvalue weighted by Gasteiger charge is -2.30. The molecule has 9 heteroatoms. The SMILES string of the molecule is COC(=O)C1CCCN(S(=O)(=O)c2ccc(NC(=O)Cc3cccs3)cc2)C1. The normalized spacial score (nSPS) is 17.8. The maximum atomic E-state index is 12.9. The molecule has 0 radical (unpaired) electrons. The number of hydrogen-bond donors (Lipinski definition) is 1. The van der Waals surface area contributed by atoms with E-state index in [1.165, 1.54) is 34.9 Å². The van der Waals surface area contributed by atoms with Crippen molar-refractivity contribution in [3.05, 3.63) is 46.7 Å². The van der Waals surface area contributed by atoms with E-state index in [2.05, 4.69) is 5.32 Å². The van der Waals surface area contributed by atoms with Crippen LogP contribution in [0.4, 0.5) is 5.69 Å². The lowest BCUT2D eigenvalue weighted by atomic mass is 10.0. The third-order valence-corrected chi connectivity index (χ3v) is 7.37. The lowest BCUT2D eigenvalue weighted by Crippen LogP contribution is -2.42. The lowest BCUT2D eigenvalue weighted by molar-refractivity contribution is -0.146. The van der Waals surface area contributed by atoms with Crippen LogP contribution in [-0.2, 0) is 30.8 Å². The molecule has 28 heavy (non-hydrogen) atoms. The van der Waals surface area contributed by atoms with E-state index in [9.17, 15) is 18.0 Å². The van der Waals surface area contributed by atoms with Gasteiger partial charge < -0.3 is 10.1 Å². The first kappa shape index (κ1) is 20.5. The Morgan fingerprint density at radius 3 is 2.64 bits per heavy atom. The van der Waals surface area contributed by atoms with Crippen LogP contribution in [0.2, 0.25) is 0 Å². The van der Waals surface area contributed by atoms with Crippen LogP contribution in [0, 0.1) is 5.92 Å². The van der Waals surface area contributed by atoms with Gasteiger partial charge in [0.25, 0.3) is 0 Å². The number of piperidine rings is 1. The van der Waals surface area contributed by atoms with Gasteiger partial charge in [0.2, 0.25) is 15.9 Å². The molecule has 1 aromatic carbocycles. The van der Waals surface area contributed by atoms with Gasteiger partial charge in [0, 0.05) is 23.7 Å². The van der Waals surface area contributed by atoms with Gasteiger partial charge >= 0.3 is 5.97 Å². The number of anilines is 1. The molecular weight excluding hydrogens is 400 g/mol. The number of rotatable bonds is 6. The van der Waals surface area contributed by atoms with Gasteiger partial charge in [0.05, 0.1) is 24.3 Å². The number of amides is 1. The van der Waals surface area contributed by atoms with E-state index in [4.69, 9.17) is 4.74 Å². The van der Waals surface area contributed by atoms with E-state index in [0.29, 0.717) is 25.1 Å². The summed E-state index contributed by atoms with van der Waals surface area (Å²) in [5.41, 5.74) is 0.534. The number of hydrogen-bond acceptors (Lipinski definition) is 6. The third-order valence-electron chi connectivity index (χ3n) is 4.61. The minimum atomic E-state index is -3.71. The molecule has 0 bridgehead atoms. The number of ether oxygens (including phenoxy) is 1. The fourth-order valence-electron chi connectivity index (χ4n) is 3.16. The Morgan fingerprint density at radius 2 is 2.00 bits per heavy atom. The maximum Gasteiger partial charge on any atom is 0.309 e. The van der Waals surface area contributed by atoms with Gasteiger partial charge in [-0.25, -0.2) is 8.42 Å². The molecule has 1 unspecified atom stereocenters. The van der Waals surface area contributed by atoms with E-state index in [0.717, 1.165) is 4.88 Å². The minimum absolute atomic E-state index is 0.119. The highest BCUT2D eigenvalue weighted by atomic mass is 32.2. The predicted molar refractivity (Wildman–Crippen MR) is 107 cm³/mol. The molecule has 2 aromatic rings. The molecule has 0 saturated carbocycles. The average molecular weight is 423 g/mol. The average Bonchev–Trinajstić information content (AvgIpc) is 3.20. The zero-order chi connectivity index (χ0) is 20.1. The van der Waals surface area contributed by atoms with E-state index in [-0.39, 0.29) is 29.7 Å². The number of thiophene rings is 1. The zero-order valence-electron chi connectivity index (χ0n) is 15.5. The number of nitrogens with one attached hydrogen (secondary N) is 1. The highest BCUT2D eigenvalue weighted by Gasteiger charge is 2.33.